The third-order valence-electron chi connectivity index (χ3n) is 4.62. The van der Waals surface area contributed by atoms with Gasteiger partial charge in [-0.1, -0.05) is 12.1 Å². The number of hydrogen-bond acceptors (Lipinski definition) is 8. The van der Waals surface area contributed by atoms with Crippen LogP contribution in [0.15, 0.2) is 35.9 Å². The van der Waals surface area contributed by atoms with Crippen molar-refractivity contribution in [3.8, 4) is 11.5 Å². The Kier molecular flexibility index (Phi) is 7.41. The SMILES string of the molecule is CC(=O)Oc1ccc(/C=C/C(=O)OCC2=CC(C)(C)N(O)C(C)(C)C2)cc1OC(C)=O. The van der Waals surface area contributed by atoms with Gasteiger partial charge in [0, 0.05) is 25.5 Å². The second-order valence-electron chi connectivity index (χ2n) is 8.59. The van der Waals surface area contributed by atoms with Crippen molar-refractivity contribution in [2.75, 3.05) is 6.61 Å². The third-order valence-corrected chi connectivity index (χ3v) is 4.62. The molecule has 0 bridgehead atoms. The third kappa shape index (κ3) is 6.77. The summed E-state index contributed by atoms with van der Waals surface area (Å²) in [5, 5.41) is 11.6. The zero-order valence-electron chi connectivity index (χ0n) is 18.7. The van der Waals surface area contributed by atoms with Crippen molar-refractivity contribution in [2.24, 2.45) is 0 Å². The largest absolute Gasteiger partial charge is 0.458 e. The normalized spacial score (nSPS) is 17.7. The maximum Gasteiger partial charge on any atom is 0.331 e. The number of nitrogens with zero attached hydrogens (tertiary/aromatic N) is 1. The minimum Gasteiger partial charge on any atom is -0.458 e. The molecule has 0 aliphatic carbocycles. The van der Waals surface area contributed by atoms with Crippen molar-refractivity contribution in [1.29, 1.82) is 0 Å². The fourth-order valence-corrected chi connectivity index (χ4v) is 3.59. The number of esters is 3. The molecule has 0 aromatic heterocycles. The Hall–Kier alpha value is -2.97. The van der Waals surface area contributed by atoms with Crippen molar-refractivity contribution in [3.63, 3.8) is 0 Å². The van der Waals surface area contributed by atoms with Crippen molar-refractivity contribution >= 4 is 24.0 Å². The summed E-state index contributed by atoms with van der Waals surface area (Å²) >= 11 is 0. The Labute approximate surface area is 182 Å². The van der Waals surface area contributed by atoms with E-state index in [-0.39, 0.29) is 18.1 Å². The topological polar surface area (TPSA) is 102 Å². The molecular formula is C23H29NO7. The van der Waals surface area contributed by atoms with Gasteiger partial charge in [0.2, 0.25) is 0 Å². The fraction of sp³-hybridized carbons (Fsp3) is 0.435. The van der Waals surface area contributed by atoms with E-state index in [0.717, 1.165) is 5.57 Å². The molecule has 1 aliphatic heterocycles. The van der Waals surface area contributed by atoms with Gasteiger partial charge in [-0.3, -0.25) is 9.59 Å². The number of hydroxylamine groups is 2. The van der Waals surface area contributed by atoms with Gasteiger partial charge in [0.25, 0.3) is 0 Å². The number of rotatable bonds is 6. The summed E-state index contributed by atoms with van der Waals surface area (Å²) in [6.07, 6.45) is 5.23. The van der Waals surface area contributed by atoms with Gasteiger partial charge in [0.15, 0.2) is 11.5 Å². The second-order valence-corrected chi connectivity index (χ2v) is 8.59. The van der Waals surface area contributed by atoms with E-state index >= 15 is 0 Å². The first-order valence-electron chi connectivity index (χ1n) is 9.86. The lowest BCUT2D eigenvalue weighted by atomic mass is 9.83. The smallest absolute Gasteiger partial charge is 0.331 e. The van der Waals surface area contributed by atoms with Crippen LogP contribution >= 0.6 is 0 Å². The van der Waals surface area contributed by atoms with E-state index in [4.69, 9.17) is 14.2 Å². The average Bonchev–Trinajstić information content (AvgIpc) is 2.63. The van der Waals surface area contributed by atoms with E-state index < -0.39 is 29.0 Å². The van der Waals surface area contributed by atoms with Gasteiger partial charge in [-0.05, 0) is 63.5 Å². The molecular weight excluding hydrogens is 402 g/mol. The molecule has 0 saturated carbocycles. The van der Waals surface area contributed by atoms with Crippen LogP contribution in [0, 0.1) is 0 Å². The number of carbonyl (C=O) groups excluding carboxylic acids is 3. The lowest BCUT2D eigenvalue weighted by Crippen LogP contribution is -2.55. The Morgan fingerprint density at radius 3 is 2.26 bits per heavy atom. The summed E-state index contributed by atoms with van der Waals surface area (Å²) in [7, 11) is 0. The maximum absolute atomic E-state index is 12.2. The molecule has 168 valence electrons. The minimum absolute atomic E-state index is 0.0728. The average molecular weight is 431 g/mol. The van der Waals surface area contributed by atoms with Crippen LogP contribution in [0.2, 0.25) is 0 Å². The van der Waals surface area contributed by atoms with Crippen molar-refractivity contribution in [2.45, 2.75) is 59.0 Å². The molecule has 31 heavy (non-hydrogen) atoms. The standard InChI is InChI=1S/C23H29NO7/c1-15(25)30-19-9-7-17(11-20(19)31-16(2)26)8-10-21(27)29-14-18-12-22(3,4)24(28)23(5,6)13-18/h7-12,28H,13-14H2,1-6H3/b10-8+. The Bertz CT molecular complexity index is 928. The van der Waals surface area contributed by atoms with Crippen LogP contribution in [-0.4, -0.2) is 45.9 Å². The zero-order chi connectivity index (χ0) is 23.4. The lowest BCUT2D eigenvalue weighted by molar-refractivity contribution is -0.214. The Morgan fingerprint density at radius 1 is 1.06 bits per heavy atom. The fourth-order valence-electron chi connectivity index (χ4n) is 3.59. The molecule has 0 amide bonds. The molecule has 1 N–H and O–H groups in total. The maximum atomic E-state index is 12.2. The van der Waals surface area contributed by atoms with Crippen LogP contribution in [0.25, 0.3) is 6.08 Å². The van der Waals surface area contributed by atoms with Gasteiger partial charge in [-0.15, -0.1) is 0 Å². The van der Waals surface area contributed by atoms with Gasteiger partial charge >= 0.3 is 17.9 Å². The Balaban J connectivity index is 2.06. The van der Waals surface area contributed by atoms with Gasteiger partial charge in [-0.25, -0.2) is 4.79 Å². The molecule has 0 radical (unpaired) electrons. The van der Waals surface area contributed by atoms with Crippen LogP contribution in [0.5, 0.6) is 11.5 Å². The quantitative estimate of drug-likeness (QED) is 0.315. The van der Waals surface area contributed by atoms with Crippen LogP contribution in [0.3, 0.4) is 0 Å². The van der Waals surface area contributed by atoms with E-state index in [0.29, 0.717) is 12.0 Å². The number of benzene rings is 1. The molecule has 1 heterocycles. The van der Waals surface area contributed by atoms with Gasteiger partial charge in [-0.2, -0.15) is 5.06 Å². The summed E-state index contributed by atoms with van der Waals surface area (Å²) in [4.78, 5) is 34.7. The predicted octanol–water partition coefficient (Wildman–Crippen LogP) is 3.67. The van der Waals surface area contributed by atoms with Crippen molar-refractivity contribution < 1.29 is 33.8 Å². The van der Waals surface area contributed by atoms with Crippen molar-refractivity contribution in [3.05, 3.63) is 41.5 Å². The molecule has 0 spiro atoms. The van der Waals surface area contributed by atoms with Crippen LogP contribution in [0.4, 0.5) is 0 Å². The van der Waals surface area contributed by atoms with E-state index in [1.807, 2.05) is 33.8 Å². The highest BCUT2D eigenvalue weighted by Gasteiger charge is 2.40. The lowest BCUT2D eigenvalue weighted by Gasteiger charge is -2.47. The first kappa shape index (κ1) is 24.3. The van der Waals surface area contributed by atoms with Gasteiger partial charge in [0.05, 0.1) is 5.54 Å². The number of carbonyl (C=O) groups is 3. The monoisotopic (exact) mass is 431 g/mol. The highest BCUT2D eigenvalue weighted by atomic mass is 16.6. The van der Waals surface area contributed by atoms with E-state index in [2.05, 4.69) is 0 Å². The van der Waals surface area contributed by atoms with Crippen LogP contribution in [-0.2, 0) is 19.1 Å². The van der Waals surface area contributed by atoms with E-state index in [1.54, 1.807) is 6.07 Å². The molecule has 8 heteroatoms. The highest BCUT2D eigenvalue weighted by Crippen LogP contribution is 2.35. The molecule has 1 aromatic rings. The van der Waals surface area contributed by atoms with Gasteiger partial charge < -0.3 is 19.4 Å². The summed E-state index contributed by atoms with van der Waals surface area (Å²) in [6, 6.07) is 4.57. The molecule has 1 aliphatic rings. The molecule has 0 atom stereocenters. The molecule has 0 fully saturated rings. The minimum atomic E-state index is -0.573. The highest BCUT2D eigenvalue weighted by molar-refractivity contribution is 5.87. The summed E-state index contributed by atoms with van der Waals surface area (Å²) in [5.74, 6) is -1.48. The van der Waals surface area contributed by atoms with Crippen molar-refractivity contribution in [1.82, 2.24) is 5.06 Å². The zero-order valence-corrected chi connectivity index (χ0v) is 18.7. The first-order valence-corrected chi connectivity index (χ1v) is 9.86. The second kappa shape index (κ2) is 9.45. The van der Waals surface area contributed by atoms with Crippen LogP contribution in [0.1, 0.15) is 53.5 Å². The predicted molar refractivity (Wildman–Crippen MR) is 114 cm³/mol. The molecule has 2 rings (SSSR count). The van der Waals surface area contributed by atoms with E-state index in [9.17, 15) is 19.6 Å². The number of ether oxygens (including phenoxy) is 3. The molecule has 1 aromatic carbocycles. The summed E-state index contributed by atoms with van der Waals surface area (Å²) < 4.78 is 15.4. The molecule has 8 nitrogen and oxygen atoms in total. The number of hydrogen-bond donors (Lipinski definition) is 1. The summed E-state index contributed by atoms with van der Waals surface area (Å²) in [6.45, 7) is 10.2. The first-order chi connectivity index (χ1) is 14.3. The van der Waals surface area contributed by atoms with E-state index in [1.165, 1.54) is 43.2 Å². The summed E-state index contributed by atoms with van der Waals surface area (Å²) in [5.41, 5.74) is 0.423. The van der Waals surface area contributed by atoms with Crippen LogP contribution < -0.4 is 9.47 Å². The van der Waals surface area contributed by atoms with Gasteiger partial charge in [0.1, 0.15) is 6.61 Å². The molecule has 0 saturated heterocycles. The Morgan fingerprint density at radius 2 is 1.68 bits per heavy atom. The molecule has 0 unspecified atom stereocenters.